The number of amides is 1. The Morgan fingerprint density at radius 2 is 2.14 bits per heavy atom. The van der Waals surface area contributed by atoms with Crippen molar-refractivity contribution in [1.29, 1.82) is 0 Å². The molecule has 6 nitrogen and oxygen atoms in total. The van der Waals surface area contributed by atoms with Crippen LogP contribution < -0.4 is 5.32 Å². The molecule has 1 saturated carbocycles. The maximum atomic E-state index is 11.8. The standard InChI is InChI=1S/C15H20N2O4/c18-14(12-5-1-2-6-12)10-16-15(19)9-11-4-3-7-13(8-11)17(20)21/h3-4,7-8,12,14,18H,1-2,5-6,9-10H2,(H,16,19)/t14-/m0/s1. The number of hydrogen-bond acceptors (Lipinski definition) is 4. The summed E-state index contributed by atoms with van der Waals surface area (Å²) in [6, 6.07) is 6.03. The predicted octanol–water partition coefficient (Wildman–Crippen LogP) is 1.80. The molecule has 0 saturated heterocycles. The van der Waals surface area contributed by atoms with Crippen molar-refractivity contribution in [2.24, 2.45) is 5.92 Å². The molecule has 2 rings (SSSR count). The average molecular weight is 292 g/mol. The molecular formula is C15H20N2O4. The highest BCUT2D eigenvalue weighted by Crippen LogP contribution is 2.27. The van der Waals surface area contributed by atoms with Crippen LogP contribution in [0.25, 0.3) is 0 Å². The van der Waals surface area contributed by atoms with Crippen LogP contribution in [-0.4, -0.2) is 28.6 Å². The second kappa shape index (κ2) is 7.17. The molecule has 1 aromatic rings. The zero-order valence-corrected chi connectivity index (χ0v) is 11.8. The van der Waals surface area contributed by atoms with Crippen molar-refractivity contribution in [3.05, 3.63) is 39.9 Å². The molecule has 0 spiro atoms. The number of aliphatic hydroxyl groups excluding tert-OH is 1. The van der Waals surface area contributed by atoms with Crippen molar-refractivity contribution in [3.8, 4) is 0 Å². The molecule has 6 heteroatoms. The lowest BCUT2D eigenvalue weighted by Gasteiger charge is -2.18. The van der Waals surface area contributed by atoms with Crippen LogP contribution in [0.3, 0.4) is 0 Å². The number of non-ortho nitro benzene ring substituents is 1. The van der Waals surface area contributed by atoms with E-state index in [4.69, 9.17) is 0 Å². The third-order valence-corrected chi connectivity index (χ3v) is 3.94. The maximum absolute atomic E-state index is 11.8. The normalized spacial score (nSPS) is 16.6. The second-order valence-electron chi connectivity index (χ2n) is 5.52. The molecule has 21 heavy (non-hydrogen) atoms. The summed E-state index contributed by atoms with van der Waals surface area (Å²) in [6.45, 7) is 0.248. The molecule has 0 unspecified atom stereocenters. The molecule has 0 aromatic heterocycles. The van der Waals surface area contributed by atoms with E-state index < -0.39 is 11.0 Å². The fraction of sp³-hybridized carbons (Fsp3) is 0.533. The SMILES string of the molecule is O=C(Cc1cccc([N+](=O)[O-])c1)NC[C@H](O)C1CCCC1. The van der Waals surface area contributed by atoms with Gasteiger partial charge >= 0.3 is 0 Å². The Labute approximate surface area is 123 Å². The van der Waals surface area contributed by atoms with Gasteiger partial charge in [0.1, 0.15) is 0 Å². The number of carbonyl (C=O) groups is 1. The van der Waals surface area contributed by atoms with Crippen molar-refractivity contribution in [1.82, 2.24) is 5.32 Å². The second-order valence-corrected chi connectivity index (χ2v) is 5.52. The molecule has 1 aromatic carbocycles. The highest BCUT2D eigenvalue weighted by atomic mass is 16.6. The van der Waals surface area contributed by atoms with Crippen LogP contribution in [0.5, 0.6) is 0 Å². The number of nitro benzene ring substituents is 1. The molecule has 1 atom stereocenters. The van der Waals surface area contributed by atoms with Gasteiger partial charge in [-0.1, -0.05) is 25.0 Å². The lowest BCUT2D eigenvalue weighted by molar-refractivity contribution is -0.384. The van der Waals surface area contributed by atoms with E-state index >= 15 is 0 Å². The van der Waals surface area contributed by atoms with Crippen LogP contribution in [0.15, 0.2) is 24.3 Å². The predicted molar refractivity (Wildman–Crippen MR) is 77.8 cm³/mol. The minimum Gasteiger partial charge on any atom is -0.391 e. The number of nitrogens with one attached hydrogen (secondary N) is 1. The number of hydrogen-bond donors (Lipinski definition) is 2. The number of benzene rings is 1. The zero-order valence-electron chi connectivity index (χ0n) is 11.8. The summed E-state index contributed by atoms with van der Waals surface area (Å²) in [5.41, 5.74) is 0.573. The Hall–Kier alpha value is -1.95. The molecule has 0 radical (unpaired) electrons. The largest absolute Gasteiger partial charge is 0.391 e. The Bertz CT molecular complexity index is 512. The summed E-state index contributed by atoms with van der Waals surface area (Å²) in [6.07, 6.45) is 3.90. The molecule has 1 amide bonds. The number of aliphatic hydroxyl groups is 1. The average Bonchev–Trinajstić information content (AvgIpc) is 2.99. The van der Waals surface area contributed by atoms with Gasteiger partial charge in [-0.05, 0) is 24.3 Å². The van der Waals surface area contributed by atoms with Gasteiger partial charge < -0.3 is 10.4 Å². The van der Waals surface area contributed by atoms with Crippen LogP contribution in [-0.2, 0) is 11.2 Å². The van der Waals surface area contributed by atoms with Gasteiger partial charge in [-0.25, -0.2) is 0 Å². The molecular weight excluding hydrogens is 272 g/mol. The van der Waals surface area contributed by atoms with E-state index in [-0.39, 0.29) is 30.5 Å². The monoisotopic (exact) mass is 292 g/mol. The van der Waals surface area contributed by atoms with Gasteiger partial charge in [0.15, 0.2) is 0 Å². The summed E-state index contributed by atoms with van der Waals surface area (Å²) >= 11 is 0. The third kappa shape index (κ3) is 4.53. The van der Waals surface area contributed by atoms with Gasteiger partial charge in [0.2, 0.25) is 5.91 Å². The van der Waals surface area contributed by atoms with E-state index in [1.54, 1.807) is 12.1 Å². The molecule has 0 bridgehead atoms. The Morgan fingerprint density at radius 3 is 2.81 bits per heavy atom. The molecule has 1 fully saturated rings. The van der Waals surface area contributed by atoms with Crippen molar-refractivity contribution in [2.45, 2.75) is 38.2 Å². The van der Waals surface area contributed by atoms with E-state index in [9.17, 15) is 20.0 Å². The number of nitro groups is 1. The summed E-state index contributed by atoms with van der Waals surface area (Å²) in [7, 11) is 0. The topological polar surface area (TPSA) is 92.5 Å². The lowest BCUT2D eigenvalue weighted by atomic mass is 10.0. The summed E-state index contributed by atoms with van der Waals surface area (Å²) in [4.78, 5) is 22.0. The van der Waals surface area contributed by atoms with Crippen molar-refractivity contribution in [2.75, 3.05) is 6.54 Å². The van der Waals surface area contributed by atoms with E-state index in [1.165, 1.54) is 12.1 Å². The van der Waals surface area contributed by atoms with Gasteiger partial charge in [0, 0.05) is 18.7 Å². The Morgan fingerprint density at radius 1 is 1.43 bits per heavy atom. The molecule has 1 aliphatic carbocycles. The number of rotatable bonds is 6. The highest BCUT2D eigenvalue weighted by molar-refractivity contribution is 5.78. The summed E-state index contributed by atoms with van der Waals surface area (Å²) in [5.74, 6) is 0.0515. The highest BCUT2D eigenvalue weighted by Gasteiger charge is 2.23. The van der Waals surface area contributed by atoms with E-state index in [1.807, 2.05) is 0 Å². The van der Waals surface area contributed by atoms with Crippen LogP contribution in [0.1, 0.15) is 31.2 Å². The first-order chi connectivity index (χ1) is 10.1. The maximum Gasteiger partial charge on any atom is 0.269 e. The fourth-order valence-electron chi connectivity index (χ4n) is 2.76. The lowest BCUT2D eigenvalue weighted by Crippen LogP contribution is -2.36. The minimum absolute atomic E-state index is 0.0220. The minimum atomic E-state index is -0.499. The van der Waals surface area contributed by atoms with E-state index in [0.29, 0.717) is 5.56 Å². The van der Waals surface area contributed by atoms with Crippen LogP contribution >= 0.6 is 0 Å². The number of nitrogens with zero attached hydrogens (tertiary/aromatic N) is 1. The molecule has 2 N–H and O–H groups in total. The van der Waals surface area contributed by atoms with Gasteiger partial charge in [-0.2, -0.15) is 0 Å². The fourth-order valence-corrected chi connectivity index (χ4v) is 2.76. The summed E-state index contributed by atoms with van der Waals surface area (Å²) < 4.78 is 0. The first-order valence-corrected chi connectivity index (χ1v) is 7.24. The zero-order chi connectivity index (χ0) is 15.2. The first-order valence-electron chi connectivity index (χ1n) is 7.24. The molecule has 0 aliphatic heterocycles. The molecule has 0 heterocycles. The Balaban J connectivity index is 1.81. The molecule has 1 aliphatic rings. The van der Waals surface area contributed by atoms with Gasteiger partial charge in [0.05, 0.1) is 17.4 Å². The van der Waals surface area contributed by atoms with Gasteiger partial charge in [0.25, 0.3) is 5.69 Å². The van der Waals surface area contributed by atoms with Crippen LogP contribution in [0.4, 0.5) is 5.69 Å². The van der Waals surface area contributed by atoms with E-state index in [2.05, 4.69) is 5.32 Å². The van der Waals surface area contributed by atoms with Crippen molar-refractivity contribution < 1.29 is 14.8 Å². The smallest absolute Gasteiger partial charge is 0.269 e. The molecule has 114 valence electrons. The first kappa shape index (κ1) is 15.4. The van der Waals surface area contributed by atoms with Crippen LogP contribution in [0, 0.1) is 16.0 Å². The van der Waals surface area contributed by atoms with Crippen molar-refractivity contribution >= 4 is 11.6 Å². The van der Waals surface area contributed by atoms with Gasteiger partial charge in [-0.15, -0.1) is 0 Å². The van der Waals surface area contributed by atoms with Crippen LogP contribution in [0.2, 0.25) is 0 Å². The van der Waals surface area contributed by atoms with Gasteiger partial charge in [-0.3, -0.25) is 14.9 Å². The Kier molecular flexibility index (Phi) is 5.27. The number of carbonyl (C=O) groups excluding carboxylic acids is 1. The van der Waals surface area contributed by atoms with Crippen molar-refractivity contribution in [3.63, 3.8) is 0 Å². The summed E-state index contributed by atoms with van der Waals surface area (Å²) in [5, 5.41) is 23.3. The third-order valence-electron chi connectivity index (χ3n) is 3.94. The van der Waals surface area contributed by atoms with E-state index in [0.717, 1.165) is 25.7 Å². The quantitative estimate of drug-likeness (QED) is 0.617.